The Labute approximate surface area is 166 Å². The number of piperazine rings is 1. The van der Waals surface area contributed by atoms with Gasteiger partial charge in [-0.05, 0) is 30.7 Å². The molecule has 0 radical (unpaired) electrons. The van der Waals surface area contributed by atoms with Crippen LogP contribution in [0, 0.1) is 6.92 Å². The van der Waals surface area contributed by atoms with Crippen LogP contribution in [0.1, 0.15) is 5.56 Å². The van der Waals surface area contributed by atoms with E-state index in [1.807, 2.05) is 42.4 Å². The molecule has 0 bridgehead atoms. The molecule has 0 spiro atoms. The maximum Gasteiger partial charge on any atom is 0.324 e. The van der Waals surface area contributed by atoms with Gasteiger partial charge in [-0.25, -0.2) is 14.8 Å². The third-order valence-corrected chi connectivity index (χ3v) is 5.47. The summed E-state index contributed by atoms with van der Waals surface area (Å²) in [4.78, 5) is 30.7. The highest BCUT2D eigenvalue weighted by atomic mass is 79.9. The van der Waals surface area contributed by atoms with Crippen molar-refractivity contribution in [3.63, 3.8) is 0 Å². The van der Waals surface area contributed by atoms with Crippen LogP contribution in [0.25, 0.3) is 11.0 Å². The molecular weight excluding hydrogens is 408 g/mol. The molecule has 2 aromatic heterocycles. The van der Waals surface area contributed by atoms with Crippen molar-refractivity contribution in [3.05, 3.63) is 46.8 Å². The molecule has 1 N–H and O–H groups in total. The van der Waals surface area contributed by atoms with Gasteiger partial charge in [0.1, 0.15) is 17.8 Å². The third-order valence-electron chi connectivity index (χ3n) is 4.98. The van der Waals surface area contributed by atoms with Crippen LogP contribution < -0.4 is 9.80 Å². The first-order valence-electron chi connectivity index (χ1n) is 8.86. The standard InChI is InChI=1S/C19H21BrN6O/c1-13-11-21-17-16(13)18(23-12-22-17)25-6-8-26(9-7-25)19(27)24(2)15-5-3-4-14(20)10-15/h3-5,10-12H,6-9H2,1-2H3,(H,21,22,23). The first-order chi connectivity index (χ1) is 13.0. The van der Waals surface area contributed by atoms with E-state index in [0.29, 0.717) is 13.1 Å². The number of aryl methyl sites for hydroxylation is 1. The topological polar surface area (TPSA) is 68.4 Å². The van der Waals surface area contributed by atoms with Crippen LogP contribution in [0.15, 0.2) is 41.3 Å². The van der Waals surface area contributed by atoms with E-state index in [-0.39, 0.29) is 6.03 Å². The fourth-order valence-electron chi connectivity index (χ4n) is 3.45. The van der Waals surface area contributed by atoms with Gasteiger partial charge in [-0.3, -0.25) is 4.90 Å². The lowest BCUT2D eigenvalue weighted by Crippen LogP contribution is -2.52. The number of halogens is 1. The second-order valence-corrected chi connectivity index (χ2v) is 7.60. The molecule has 0 aliphatic carbocycles. The van der Waals surface area contributed by atoms with E-state index >= 15 is 0 Å². The van der Waals surface area contributed by atoms with Crippen LogP contribution in [0.3, 0.4) is 0 Å². The molecule has 7 nitrogen and oxygen atoms in total. The fourth-order valence-corrected chi connectivity index (χ4v) is 3.84. The summed E-state index contributed by atoms with van der Waals surface area (Å²) in [7, 11) is 1.81. The molecule has 1 aliphatic rings. The summed E-state index contributed by atoms with van der Waals surface area (Å²) in [6, 6.07) is 7.77. The van der Waals surface area contributed by atoms with E-state index in [9.17, 15) is 4.79 Å². The molecule has 0 atom stereocenters. The highest BCUT2D eigenvalue weighted by molar-refractivity contribution is 9.10. The Bertz CT molecular complexity index is 979. The molecular formula is C19H21BrN6O. The van der Waals surface area contributed by atoms with Gasteiger partial charge < -0.3 is 14.8 Å². The van der Waals surface area contributed by atoms with Gasteiger partial charge in [0, 0.05) is 49.6 Å². The maximum atomic E-state index is 12.9. The lowest BCUT2D eigenvalue weighted by Gasteiger charge is -2.37. The molecule has 8 heteroatoms. The quantitative estimate of drug-likeness (QED) is 0.678. The third kappa shape index (κ3) is 3.37. The number of H-pyrrole nitrogens is 1. The van der Waals surface area contributed by atoms with Crippen molar-refractivity contribution < 1.29 is 4.79 Å². The van der Waals surface area contributed by atoms with E-state index in [2.05, 4.69) is 42.7 Å². The number of carbonyl (C=O) groups is 1. The molecule has 140 valence electrons. The predicted molar refractivity (Wildman–Crippen MR) is 110 cm³/mol. The second kappa shape index (κ2) is 7.19. The summed E-state index contributed by atoms with van der Waals surface area (Å²) in [5.74, 6) is 0.936. The number of fused-ring (bicyclic) bond motifs is 1. The number of benzene rings is 1. The van der Waals surface area contributed by atoms with Gasteiger partial charge in [0.15, 0.2) is 0 Å². The molecule has 2 amide bonds. The molecule has 3 aromatic rings. The van der Waals surface area contributed by atoms with Crippen molar-refractivity contribution in [3.8, 4) is 0 Å². The Balaban J connectivity index is 1.47. The van der Waals surface area contributed by atoms with Crippen LogP contribution >= 0.6 is 15.9 Å². The zero-order valence-corrected chi connectivity index (χ0v) is 16.9. The van der Waals surface area contributed by atoms with E-state index in [0.717, 1.165) is 45.7 Å². The highest BCUT2D eigenvalue weighted by Gasteiger charge is 2.26. The van der Waals surface area contributed by atoms with Gasteiger partial charge in [0.2, 0.25) is 0 Å². The summed E-state index contributed by atoms with van der Waals surface area (Å²) in [6.07, 6.45) is 3.54. The van der Waals surface area contributed by atoms with Crippen molar-refractivity contribution >= 4 is 44.5 Å². The number of urea groups is 1. The Kier molecular flexibility index (Phi) is 4.73. The largest absolute Gasteiger partial charge is 0.352 e. The van der Waals surface area contributed by atoms with Crippen molar-refractivity contribution in [1.82, 2.24) is 19.9 Å². The number of anilines is 2. The minimum absolute atomic E-state index is 0.0124. The Morgan fingerprint density at radius 2 is 2.00 bits per heavy atom. The Morgan fingerprint density at radius 1 is 1.22 bits per heavy atom. The number of rotatable bonds is 2. The lowest BCUT2D eigenvalue weighted by atomic mass is 10.2. The number of nitrogens with one attached hydrogen (secondary N) is 1. The van der Waals surface area contributed by atoms with Crippen LogP contribution in [0.5, 0.6) is 0 Å². The van der Waals surface area contributed by atoms with E-state index in [1.54, 1.807) is 11.2 Å². The molecule has 1 fully saturated rings. The van der Waals surface area contributed by atoms with Crippen LogP contribution in [-0.2, 0) is 0 Å². The van der Waals surface area contributed by atoms with Gasteiger partial charge in [-0.2, -0.15) is 0 Å². The molecule has 1 aromatic carbocycles. The predicted octanol–water partition coefficient (Wildman–Crippen LogP) is 3.41. The van der Waals surface area contributed by atoms with Crippen molar-refractivity contribution in [1.29, 1.82) is 0 Å². The number of aromatic nitrogens is 3. The maximum absolute atomic E-state index is 12.9. The first kappa shape index (κ1) is 17.8. The van der Waals surface area contributed by atoms with E-state index in [4.69, 9.17) is 0 Å². The second-order valence-electron chi connectivity index (χ2n) is 6.69. The number of amides is 2. The van der Waals surface area contributed by atoms with Gasteiger partial charge in [0.05, 0.1) is 5.39 Å². The number of aromatic amines is 1. The van der Waals surface area contributed by atoms with Crippen molar-refractivity contribution in [2.24, 2.45) is 0 Å². The number of carbonyl (C=O) groups excluding carboxylic acids is 1. The lowest BCUT2D eigenvalue weighted by molar-refractivity contribution is 0.202. The fraction of sp³-hybridized carbons (Fsp3) is 0.316. The zero-order valence-electron chi connectivity index (χ0n) is 15.3. The van der Waals surface area contributed by atoms with E-state index in [1.165, 1.54) is 0 Å². The molecule has 3 heterocycles. The minimum atomic E-state index is 0.0124. The average Bonchev–Trinajstić information content (AvgIpc) is 3.08. The molecule has 0 saturated carbocycles. The summed E-state index contributed by atoms with van der Waals surface area (Å²) in [6.45, 7) is 4.86. The van der Waals surface area contributed by atoms with Crippen LogP contribution in [0.2, 0.25) is 0 Å². The smallest absolute Gasteiger partial charge is 0.324 e. The zero-order chi connectivity index (χ0) is 19.0. The van der Waals surface area contributed by atoms with E-state index < -0.39 is 0 Å². The Morgan fingerprint density at radius 3 is 2.74 bits per heavy atom. The van der Waals surface area contributed by atoms with Gasteiger partial charge >= 0.3 is 6.03 Å². The SMILES string of the molecule is Cc1c[nH]c2ncnc(N3CCN(C(=O)N(C)c4cccc(Br)c4)CC3)c12. The van der Waals surface area contributed by atoms with Crippen LogP contribution in [-0.4, -0.2) is 59.1 Å². The molecule has 1 saturated heterocycles. The van der Waals surface area contributed by atoms with Gasteiger partial charge in [-0.1, -0.05) is 22.0 Å². The monoisotopic (exact) mass is 428 g/mol. The summed E-state index contributed by atoms with van der Waals surface area (Å²) < 4.78 is 0.958. The summed E-state index contributed by atoms with van der Waals surface area (Å²) >= 11 is 3.46. The Hall–Kier alpha value is -2.61. The molecule has 27 heavy (non-hydrogen) atoms. The molecule has 4 rings (SSSR count). The molecule has 1 aliphatic heterocycles. The first-order valence-corrected chi connectivity index (χ1v) is 9.65. The van der Waals surface area contributed by atoms with Gasteiger partial charge in [-0.15, -0.1) is 0 Å². The summed E-state index contributed by atoms with van der Waals surface area (Å²) in [5, 5.41) is 1.06. The number of hydrogen-bond donors (Lipinski definition) is 1. The normalized spacial score (nSPS) is 14.6. The molecule has 0 unspecified atom stereocenters. The van der Waals surface area contributed by atoms with Crippen molar-refractivity contribution in [2.45, 2.75) is 6.92 Å². The number of nitrogens with zero attached hydrogens (tertiary/aromatic N) is 5. The highest BCUT2D eigenvalue weighted by Crippen LogP contribution is 2.27. The van der Waals surface area contributed by atoms with Crippen molar-refractivity contribution in [2.75, 3.05) is 43.0 Å². The number of hydrogen-bond acceptors (Lipinski definition) is 4. The summed E-state index contributed by atoms with van der Waals surface area (Å²) in [5.41, 5.74) is 2.86. The van der Waals surface area contributed by atoms with Crippen LogP contribution in [0.4, 0.5) is 16.3 Å². The van der Waals surface area contributed by atoms with Gasteiger partial charge in [0.25, 0.3) is 0 Å². The average molecular weight is 429 g/mol. The minimum Gasteiger partial charge on any atom is -0.352 e.